The molecule has 5 nitrogen and oxygen atoms in total. The number of amides is 1. The van der Waals surface area contributed by atoms with Gasteiger partial charge in [0.05, 0.1) is 12.5 Å². The zero-order valence-electron chi connectivity index (χ0n) is 11.2. The predicted octanol–water partition coefficient (Wildman–Crippen LogP) is 0.988. The zero-order valence-corrected chi connectivity index (χ0v) is 11.2. The summed E-state index contributed by atoms with van der Waals surface area (Å²) in [5, 5.41) is 3.09. The Kier molecular flexibility index (Phi) is 3.82. The van der Waals surface area contributed by atoms with Crippen LogP contribution in [0.3, 0.4) is 0 Å². The fourth-order valence-corrected chi connectivity index (χ4v) is 2.94. The first-order valence-electron chi connectivity index (χ1n) is 7.18. The van der Waals surface area contributed by atoms with Gasteiger partial charge in [0.1, 0.15) is 5.82 Å². The van der Waals surface area contributed by atoms with Crippen molar-refractivity contribution in [1.82, 2.24) is 14.9 Å². The summed E-state index contributed by atoms with van der Waals surface area (Å²) in [7, 11) is 0. The molecule has 2 aliphatic rings. The summed E-state index contributed by atoms with van der Waals surface area (Å²) in [4.78, 5) is 16.3. The monoisotopic (exact) mass is 263 g/mol. The number of nitrogens with zero attached hydrogens (tertiary/aromatic N) is 2. The molecule has 1 aromatic heterocycles. The van der Waals surface area contributed by atoms with Crippen LogP contribution in [0.2, 0.25) is 0 Å². The van der Waals surface area contributed by atoms with Gasteiger partial charge in [-0.15, -0.1) is 0 Å². The normalized spacial score (nSPS) is 26.7. The van der Waals surface area contributed by atoms with E-state index in [1.165, 1.54) is 5.82 Å². The quantitative estimate of drug-likeness (QED) is 0.884. The molecule has 3 rings (SSSR count). The Balaban J connectivity index is 1.46. The van der Waals surface area contributed by atoms with Crippen molar-refractivity contribution in [1.29, 1.82) is 0 Å². The van der Waals surface area contributed by atoms with Crippen LogP contribution in [-0.4, -0.2) is 35.2 Å². The first-order chi connectivity index (χ1) is 9.33. The first-order valence-corrected chi connectivity index (χ1v) is 7.18. The van der Waals surface area contributed by atoms with Gasteiger partial charge in [-0.2, -0.15) is 0 Å². The van der Waals surface area contributed by atoms with Gasteiger partial charge < -0.3 is 14.6 Å². The third kappa shape index (κ3) is 2.97. The number of carbonyl (C=O) groups excluding carboxylic acids is 1. The highest BCUT2D eigenvalue weighted by molar-refractivity contribution is 5.78. The Morgan fingerprint density at radius 2 is 2.47 bits per heavy atom. The lowest BCUT2D eigenvalue weighted by atomic mass is 9.98. The minimum atomic E-state index is 0.0566. The van der Waals surface area contributed by atoms with E-state index in [1.807, 2.05) is 12.4 Å². The fourth-order valence-electron chi connectivity index (χ4n) is 2.94. The second kappa shape index (κ2) is 5.74. The van der Waals surface area contributed by atoms with Gasteiger partial charge in [-0.25, -0.2) is 4.98 Å². The van der Waals surface area contributed by atoms with Gasteiger partial charge in [-0.3, -0.25) is 4.79 Å². The lowest BCUT2D eigenvalue weighted by Crippen LogP contribution is -2.39. The second-order valence-electron chi connectivity index (χ2n) is 5.56. The number of hydrogen-bond acceptors (Lipinski definition) is 3. The largest absolute Gasteiger partial charge is 0.381 e. The van der Waals surface area contributed by atoms with Crippen LogP contribution in [0.5, 0.6) is 0 Å². The number of rotatable bonds is 3. The highest BCUT2D eigenvalue weighted by atomic mass is 16.5. The molecule has 0 radical (unpaired) electrons. The number of aryl methyl sites for hydroxylation is 1. The molecular weight excluding hydrogens is 242 g/mol. The van der Waals surface area contributed by atoms with Crippen LogP contribution in [-0.2, 0) is 22.5 Å². The van der Waals surface area contributed by atoms with Crippen molar-refractivity contribution in [3.8, 4) is 0 Å². The molecule has 1 N–H and O–H groups in total. The smallest absolute Gasteiger partial charge is 0.225 e. The number of fused-ring (bicyclic) bond motifs is 1. The summed E-state index contributed by atoms with van der Waals surface area (Å²) in [6.07, 6.45) is 7.97. The van der Waals surface area contributed by atoms with Crippen molar-refractivity contribution in [2.45, 2.75) is 32.2 Å². The number of ether oxygens (including phenoxy) is 1. The Morgan fingerprint density at radius 3 is 3.32 bits per heavy atom. The standard InChI is InChI=1S/C14H21N3O2/c18-14(12-2-1-7-19-10-12)16-8-11-3-4-13-15-5-6-17(13)9-11/h5-6,11-12H,1-4,7-10H2,(H,16,18)/t11-,12+/m0/s1. The summed E-state index contributed by atoms with van der Waals surface area (Å²) in [6, 6.07) is 0. The van der Waals surface area contributed by atoms with Gasteiger partial charge in [0, 0.05) is 38.5 Å². The Bertz CT molecular complexity index is 438. The molecule has 104 valence electrons. The molecule has 1 saturated heterocycles. The van der Waals surface area contributed by atoms with Gasteiger partial charge in [0.25, 0.3) is 0 Å². The maximum atomic E-state index is 12.0. The van der Waals surface area contributed by atoms with E-state index in [4.69, 9.17) is 4.74 Å². The van der Waals surface area contributed by atoms with E-state index in [0.717, 1.165) is 45.4 Å². The van der Waals surface area contributed by atoms with Crippen LogP contribution in [0.25, 0.3) is 0 Å². The molecule has 5 heteroatoms. The van der Waals surface area contributed by atoms with Gasteiger partial charge >= 0.3 is 0 Å². The predicted molar refractivity (Wildman–Crippen MR) is 70.6 cm³/mol. The van der Waals surface area contributed by atoms with E-state index in [0.29, 0.717) is 12.5 Å². The molecule has 1 amide bonds. The van der Waals surface area contributed by atoms with E-state index >= 15 is 0 Å². The molecule has 2 atom stereocenters. The summed E-state index contributed by atoms with van der Waals surface area (Å²) in [5.41, 5.74) is 0. The average molecular weight is 263 g/mol. The molecular formula is C14H21N3O2. The van der Waals surface area contributed by atoms with Crippen LogP contribution < -0.4 is 5.32 Å². The highest BCUT2D eigenvalue weighted by Crippen LogP contribution is 2.18. The Morgan fingerprint density at radius 1 is 1.53 bits per heavy atom. The molecule has 3 heterocycles. The molecule has 0 aromatic carbocycles. The molecule has 19 heavy (non-hydrogen) atoms. The number of hydrogen-bond donors (Lipinski definition) is 1. The minimum Gasteiger partial charge on any atom is -0.381 e. The van der Waals surface area contributed by atoms with Gasteiger partial charge in [0.15, 0.2) is 0 Å². The van der Waals surface area contributed by atoms with Crippen LogP contribution in [0.4, 0.5) is 0 Å². The molecule has 1 fully saturated rings. The number of aromatic nitrogens is 2. The maximum absolute atomic E-state index is 12.0. The topological polar surface area (TPSA) is 56.2 Å². The molecule has 1 aromatic rings. The molecule has 0 saturated carbocycles. The van der Waals surface area contributed by atoms with Gasteiger partial charge in [0.2, 0.25) is 5.91 Å². The van der Waals surface area contributed by atoms with E-state index in [9.17, 15) is 4.79 Å². The molecule has 0 unspecified atom stereocenters. The Hall–Kier alpha value is -1.36. The summed E-state index contributed by atoms with van der Waals surface area (Å²) >= 11 is 0. The van der Waals surface area contributed by atoms with E-state index in [-0.39, 0.29) is 11.8 Å². The Labute approximate surface area is 113 Å². The van der Waals surface area contributed by atoms with E-state index in [1.54, 1.807) is 0 Å². The third-order valence-electron chi connectivity index (χ3n) is 4.13. The van der Waals surface area contributed by atoms with Crippen LogP contribution >= 0.6 is 0 Å². The number of imidazole rings is 1. The molecule has 2 aliphatic heterocycles. The first kappa shape index (κ1) is 12.7. The van der Waals surface area contributed by atoms with Crippen LogP contribution in [0.15, 0.2) is 12.4 Å². The summed E-state index contributed by atoms with van der Waals surface area (Å²) in [5.74, 6) is 1.91. The SMILES string of the molecule is O=C(NC[C@@H]1CCc2nccn2C1)[C@@H]1CCCOC1. The van der Waals surface area contributed by atoms with Crippen molar-refractivity contribution in [2.24, 2.45) is 11.8 Å². The van der Waals surface area contributed by atoms with Gasteiger partial charge in [-0.1, -0.05) is 0 Å². The third-order valence-corrected chi connectivity index (χ3v) is 4.13. The lowest BCUT2D eigenvalue weighted by molar-refractivity contribution is -0.129. The van der Waals surface area contributed by atoms with Crippen molar-refractivity contribution >= 4 is 5.91 Å². The van der Waals surface area contributed by atoms with E-state index < -0.39 is 0 Å². The second-order valence-corrected chi connectivity index (χ2v) is 5.56. The summed E-state index contributed by atoms with van der Waals surface area (Å²) in [6.45, 7) is 3.13. The molecule has 0 aliphatic carbocycles. The highest BCUT2D eigenvalue weighted by Gasteiger charge is 2.24. The van der Waals surface area contributed by atoms with Crippen LogP contribution in [0, 0.1) is 11.8 Å². The minimum absolute atomic E-state index is 0.0566. The van der Waals surface area contributed by atoms with Gasteiger partial charge in [-0.05, 0) is 25.2 Å². The van der Waals surface area contributed by atoms with E-state index in [2.05, 4.69) is 14.9 Å². The van der Waals surface area contributed by atoms with Crippen molar-refractivity contribution in [2.75, 3.05) is 19.8 Å². The van der Waals surface area contributed by atoms with Crippen molar-refractivity contribution in [3.63, 3.8) is 0 Å². The fraction of sp³-hybridized carbons (Fsp3) is 0.714. The van der Waals surface area contributed by atoms with Crippen molar-refractivity contribution in [3.05, 3.63) is 18.2 Å². The number of nitrogens with one attached hydrogen (secondary N) is 1. The zero-order chi connectivity index (χ0) is 13.1. The average Bonchev–Trinajstić information content (AvgIpc) is 2.93. The van der Waals surface area contributed by atoms with Crippen LogP contribution in [0.1, 0.15) is 25.1 Å². The lowest BCUT2D eigenvalue weighted by Gasteiger charge is -2.26. The molecule has 0 spiro atoms. The summed E-state index contributed by atoms with van der Waals surface area (Å²) < 4.78 is 7.56. The number of carbonyl (C=O) groups is 1. The molecule has 0 bridgehead atoms. The maximum Gasteiger partial charge on any atom is 0.225 e. The van der Waals surface area contributed by atoms with Crippen molar-refractivity contribution < 1.29 is 9.53 Å².